The molecule has 1 heterocycles. The fourth-order valence-electron chi connectivity index (χ4n) is 2.60. The zero-order valence-corrected chi connectivity index (χ0v) is 13.1. The van der Waals surface area contributed by atoms with Gasteiger partial charge in [-0.1, -0.05) is 39.7 Å². The molecule has 2 rings (SSSR count). The van der Waals surface area contributed by atoms with Crippen LogP contribution in [0.15, 0.2) is 18.2 Å². The summed E-state index contributed by atoms with van der Waals surface area (Å²) in [5.74, 6) is 0.281. The van der Waals surface area contributed by atoms with Crippen molar-refractivity contribution in [2.24, 2.45) is 0 Å². The van der Waals surface area contributed by atoms with Gasteiger partial charge in [0.05, 0.1) is 11.0 Å². The van der Waals surface area contributed by atoms with Gasteiger partial charge < -0.3 is 9.67 Å². The summed E-state index contributed by atoms with van der Waals surface area (Å²) >= 11 is 0. The number of rotatable bonds is 7. The van der Waals surface area contributed by atoms with Gasteiger partial charge in [-0.25, -0.2) is 4.98 Å². The van der Waals surface area contributed by atoms with E-state index in [1.54, 1.807) is 0 Å². The van der Waals surface area contributed by atoms with Gasteiger partial charge in [0.25, 0.3) is 0 Å². The second-order valence-electron chi connectivity index (χ2n) is 5.86. The van der Waals surface area contributed by atoms with Crippen molar-refractivity contribution in [3.63, 3.8) is 0 Å². The molecule has 0 aliphatic heterocycles. The third kappa shape index (κ3) is 3.63. The van der Waals surface area contributed by atoms with Crippen LogP contribution in [0.1, 0.15) is 57.3 Å². The number of carboxylic acids is 1. The van der Waals surface area contributed by atoms with Crippen molar-refractivity contribution in [3.8, 4) is 0 Å². The molecular formula is C17H24N2O2. The minimum Gasteiger partial charge on any atom is -0.481 e. The third-order valence-corrected chi connectivity index (χ3v) is 3.81. The summed E-state index contributed by atoms with van der Waals surface area (Å²) in [6.45, 7) is 7.31. The van der Waals surface area contributed by atoms with Gasteiger partial charge >= 0.3 is 5.97 Å². The Morgan fingerprint density at radius 1 is 1.33 bits per heavy atom. The zero-order chi connectivity index (χ0) is 15.4. The Kier molecular flexibility index (Phi) is 4.99. The second-order valence-corrected chi connectivity index (χ2v) is 5.86. The lowest BCUT2D eigenvalue weighted by molar-refractivity contribution is -0.136. The summed E-state index contributed by atoms with van der Waals surface area (Å²) in [4.78, 5) is 15.6. The molecule has 21 heavy (non-hydrogen) atoms. The summed E-state index contributed by atoms with van der Waals surface area (Å²) in [5.41, 5.74) is 3.20. The van der Waals surface area contributed by atoms with Crippen LogP contribution in [0.4, 0.5) is 0 Å². The fourth-order valence-corrected chi connectivity index (χ4v) is 2.60. The number of imidazole rings is 1. The lowest BCUT2D eigenvalue weighted by Gasteiger charge is -2.08. The molecule has 4 heteroatoms. The van der Waals surface area contributed by atoms with Crippen molar-refractivity contribution in [1.29, 1.82) is 0 Å². The van der Waals surface area contributed by atoms with E-state index < -0.39 is 5.97 Å². The lowest BCUT2D eigenvalue weighted by atomic mass is 10.0. The molecule has 0 atom stereocenters. The highest BCUT2D eigenvalue weighted by Crippen LogP contribution is 2.23. The minimum absolute atomic E-state index is 0.0161. The molecular weight excluding hydrogens is 264 g/mol. The number of nitrogens with zero attached hydrogens (tertiary/aromatic N) is 2. The van der Waals surface area contributed by atoms with Crippen molar-refractivity contribution < 1.29 is 9.90 Å². The Morgan fingerprint density at radius 3 is 2.71 bits per heavy atom. The van der Waals surface area contributed by atoms with Crippen LogP contribution in [0.5, 0.6) is 0 Å². The molecule has 1 N–H and O–H groups in total. The molecule has 0 bridgehead atoms. The summed E-state index contributed by atoms with van der Waals surface area (Å²) in [5, 5.41) is 9.08. The number of carbonyl (C=O) groups is 1. The first-order valence-corrected chi connectivity index (χ1v) is 7.73. The van der Waals surface area contributed by atoms with E-state index in [9.17, 15) is 4.79 Å². The molecule has 0 saturated heterocycles. The predicted octanol–water partition coefficient (Wildman–Crippen LogP) is 3.98. The highest BCUT2D eigenvalue weighted by Gasteiger charge is 2.14. The molecule has 0 fully saturated rings. The van der Waals surface area contributed by atoms with Gasteiger partial charge in [0.15, 0.2) is 0 Å². The normalized spacial score (nSPS) is 11.4. The highest BCUT2D eigenvalue weighted by atomic mass is 16.4. The predicted molar refractivity (Wildman–Crippen MR) is 84.7 cm³/mol. The first kappa shape index (κ1) is 15.5. The SMILES string of the molecule is CCCCCn1c(CC(=O)O)nc2cc(C(C)C)ccc21. The van der Waals surface area contributed by atoms with Crippen LogP contribution >= 0.6 is 0 Å². The van der Waals surface area contributed by atoms with Crippen molar-refractivity contribution >= 4 is 17.0 Å². The van der Waals surface area contributed by atoms with Crippen molar-refractivity contribution in [2.75, 3.05) is 0 Å². The number of carboxylic acid groups (broad SMARTS) is 1. The van der Waals surface area contributed by atoms with E-state index in [-0.39, 0.29) is 6.42 Å². The molecule has 1 aromatic heterocycles. The zero-order valence-electron chi connectivity index (χ0n) is 13.1. The topological polar surface area (TPSA) is 55.1 Å². The Hall–Kier alpha value is -1.84. The smallest absolute Gasteiger partial charge is 0.311 e. The molecule has 2 aromatic rings. The number of benzene rings is 1. The maximum atomic E-state index is 11.0. The molecule has 0 saturated carbocycles. The average Bonchev–Trinajstić information content (AvgIpc) is 2.75. The number of unbranched alkanes of at least 4 members (excludes halogenated alkanes) is 2. The quantitative estimate of drug-likeness (QED) is 0.784. The number of hydrogen-bond donors (Lipinski definition) is 1. The summed E-state index contributed by atoms with van der Waals surface area (Å²) in [7, 11) is 0. The van der Waals surface area contributed by atoms with Gasteiger partial charge in [0.2, 0.25) is 0 Å². The van der Waals surface area contributed by atoms with Crippen LogP contribution in [-0.2, 0) is 17.8 Å². The van der Waals surface area contributed by atoms with Crippen molar-refractivity contribution in [2.45, 2.75) is 58.9 Å². The summed E-state index contributed by atoms with van der Waals surface area (Å²) in [6.07, 6.45) is 3.34. The average molecular weight is 288 g/mol. The standard InChI is InChI=1S/C17H24N2O2/c1-4-5-6-9-19-15-8-7-13(12(2)3)10-14(15)18-16(19)11-17(20)21/h7-8,10,12H,4-6,9,11H2,1-3H3,(H,20,21). The number of fused-ring (bicyclic) bond motifs is 1. The molecule has 4 nitrogen and oxygen atoms in total. The van der Waals surface area contributed by atoms with Gasteiger partial charge in [-0.3, -0.25) is 4.79 Å². The molecule has 0 spiro atoms. The Labute approximate surface area is 125 Å². The van der Waals surface area contributed by atoms with Gasteiger partial charge in [-0.2, -0.15) is 0 Å². The van der Waals surface area contributed by atoms with E-state index in [1.165, 1.54) is 5.56 Å². The van der Waals surface area contributed by atoms with E-state index in [1.807, 2.05) is 0 Å². The highest BCUT2D eigenvalue weighted by molar-refractivity contribution is 5.79. The largest absolute Gasteiger partial charge is 0.481 e. The van der Waals surface area contributed by atoms with Gasteiger partial charge in [-0.05, 0) is 30.0 Å². The van der Waals surface area contributed by atoms with Gasteiger partial charge in [0.1, 0.15) is 12.2 Å². The fraction of sp³-hybridized carbons (Fsp3) is 0.529. The molecule has 0 aliphatic carbocycles. The molecule has 0 amide bonds. The van der Waals surface area contributed by atoms with E-state index in [0.717, 1.165) is 36.8 Å². The second kappa shape index (κ2) is 6.74. The Morgan fingerprint density at radius 2 is 2.10 bits per heavy atom. The van der Waals surface area contributed by atoms with E-state index >= 15 is 0 Å². The van der Waals surface area contributed by atoms with Crippen LogP contribution < -0.4 is 0 Å². The van der Waals surface area contributed by atoms with E-state index in [0.29, 0.717) is 11.7 Å². The Balaban J connectivity index is 2.42. The van der Waals surface area contributed by atoms with Crippen LogP contribution in [0.3, 0.4) is 0 Å². The molecule has 0 unspecified atom stereocenters. The third-order valence-electron chi connectivity index (χ3n) is 3.81. The number of aliphatic carboxylic acids is 1. The van der Waals surface area contributed by atoms with E-state index in [2.05, 4.69) is 48.5 Å². The van der Waals surface area contributed by atoms with Gasteiger partial charge in [-0.15, -0.1) is 0 Å². The maximum Gasteiger partial charge on any atom is 0.311 e. The maximum absolute atomic E-state index is 11.0. The van der Waals surface area contributed by atoms with Crippen LogP contribution in [0, 0.1) is 0 Å². The molecule has 1 aromatic carbocycles. The monoisotopic (exact) mass is 288 g/mol. The molecule has 0 aliphatic rings. The molecule has 114 valence electrons. The number of aryl methyl sites for hydroxylation is 1. The van der Waals surface area contributed by atoms with Crippen LogP contribution in [0.25, 0.3) is 11.0 Å². The van der Waals surface area contributed by atoms with E-state index in [4.69, 9.17) is 5.11 Å². The van der Waals surface area contributed by atoms with Crippen LogP contribution in [0.2, 0.25) is 0 Å². The first-order valence-electron chi connectivity index (χ1n) is 7.73. The van der Waals surface area contributed by atoms with Crippen molar-refractivity contribution in [1.82, 2.24) is 9.55 Å². The number of hydrogen-bond acceptors (Lipinski definition) is 2. The Bertz CT molecular complexity index is 629. The summed E-state index contributed by atoms with van der Waals surface area (Å²) in [6, 6.07) is 6.28. The van der Waals surface area contributed by atoms with Crippen molar-refractivity contribution in [3.05, 3.63) is 29.6 Å². The van der Waals surface area contributed by atoms with Gasteiger partial charge in [0, 0.05) is 6.54 Å². The first-order chi connectivity index (χ1) is 10.0. The summed E-state index contributed by atoms with van der Waals surface area (Å²) < 4.78 is 2.07. The minimum atomic E-state index is -0.828. The number of aromatic nitrogens is 2. The molecule has 0 radical (unpaired) electrons. The van der Waals surface area contributed by atoms with Crippen LogP contribution in [-0.4, -0.2) is 20.6 Å². The lowest BCUT2D eigenvalue weighted by Crippen LogP contribution is -2.09.